The molecule has 0 aliphatic rings. The Hall–Kier alpha value is -1.77. The van der Waals surface area contributed by atoms with Crippen LogP contribution in [-0.2, 0) is 0 Å². The first-order chi connectivity index (χ1) is 5.86. The van der Waals surface area contributed by atoms with Crippen LogP contribution in [0.25, 0.3) is 5.69 Å². The highest BCUT2D eigenvalue weighted by Crippen LogP contribution is 2.09. The molecule has 1 heterocycles. The molecule has 0 fully saturated rings. The first-order valence-electron chi connectivity index (χ1n) is 3.63. The summed E-state index contributed by atoms with van der Waals surface area (Å²) in [7, 11) is 0. The largest absolute Gasteiger partial charge is 0.399 e. The van der Waals surface area contributed by atoms with Gasteiger partial charge in [0.25, 0.3) is 0 Å². The average Bonchev–Trinajstić information content (AvgIpc) is 2.58. The van der Waals surface area contributed by atoms with Crippen LogP contribution in [-0.4, -0.2) is 9.55 Å². The first-order valence-corrected chi connectivity index (χ1v) is 3.63. The van der Waals surface area contributed by atoms with Crippen LogP contribution in [0.3, 0.4) is 0 Å². The van der Waals surface area contributed by atoms with Crippen molar-refractivity contribution in [3.05, 3.63) is 43.0 Å². The van der Waals surface area contributed by atoms with Gasteiger partial charge in [-0.25, -0.2) is 4.98 Å². The van der Waals surface area contributed by atoms with Gasteiger partial charge in [0.05, 0.1) is 0 Å². The van der Waals surface area contributed by atoms with Gasteiger partial charge in [-0.15, -0.1) is 0 Å². The minimum absolute atomic E-state index is 0.763. The lowest BCUT2D eigenvalue weighted by Crippen LogP contribution is -1.90. The molecule has 0 saturated carbocycles. The second-order valence-electron chi connectivity index (χ2n) is 2.49. The van der Waals surface area contributed by atoms with Crippen LogP contribution < -0.4 is 5.73 Å². The number of nitrogens with two attached hydrogens (primary N) is 1. The summed E-state index contributed by atoms with van der Waals surface area (Å²) < 4.78 is 1.80. The molecule has 1 aromatic carbocycles. The normalized spacial score (nSPS) is 10.0. The second-order valence-corrected chi connectivity index (χ2v) is 2.49. The minimum Gasteiger partial charge on any atom is -0.399 e. The standard InChI is InChI=1S/C9H8N3/c10-8-1-3-9(4-2-8)12-6-5-11-7-12/h1-6H,10H2. The molecule has 59 valence electrons. The number of aromatic nitrogens is 2. The molecule has 0 atom stereocenters. The predicted octanol–water partition coefficient (Wildman–Crippen LogP) is 1.25. The van der Waals surface area contributed by atoms with Crippen LogP contribution in [0.1, 0.15) is 0 Å². The Labute approximate surface area is 70.5 Å². The van der Waals surface area contributed by atoms with Gasteiger partial charge in [0.1, 0.15) is 0 Å². The van der Waals surface area contributed by atoms with E-state index in [1.54, 1.807) is 10.8 Å². The van der Waals surface area contributed by atoms with E-state index in [9.17, 15) is 0 Å². The van der Waals surface area contributed by atoms with Crippen molar-refractivity contribution in [1.29, 1.82) is 0 Å². The third kappa shape index (κ3) is 1.16. The van der Waals surface area contributed by atoms with E-state index < -0.39 is 0 Å². The number of benzene rings is 1. The molecule has 3 heteroatoms. The average molecular weight is 158 g/mol. The fourth-order valence-corrected chi connectivity index (χ4v) is 1.01. The molecule has 1 radical (unpaired) electrons. The SMILES string of the molecule is Nc1ccc(-n2[c]ncc2)cc1. The molecule has 0 aliphatic carbocycles. The van der Waals surface area contributed by atoms with Crippen LogP contribution in [0.4, 0.5) is 5.69 Å². The molecule has 0 spiro atoms. The van der Waals surface area contributed by atoms with Gasteiger partial charge >= 0.3 is 0 Å². The minimum atomic E-state index is 0.763. The maximum atomic E-state index is 5.54. The van der Waals surface area contributed by atoms with Gasteiger partial charge in [-0.05, 0) is 24.3 Å². The Morgan fingerprint density at radius 1 is 1.25 bits per heavy atom. The smallest absolute Gasteiger partial charge is 0.181 e. The quantitative estimate of drug-likeness (QED) is 0.635. The summed E-state index contributed by atoms with van der Waals surface area (Å²) in [4.78, 5) is 3.83. The number of rotatable bonds is 1. The molecule has 0 aliphatic heterocycles. The number of hydrogen-bond acceptors (Lipinski definition) is 2. The second kappa shape index (κ2) is 2.70. The number of anilines is 1. The molecule has 0 bridgehead atoms. The van der Waals surface area contributed by atoms with Crippen molar-refractivity contribution in [2.24, 2.45) is 0 Å². The topological polar surface area (TPSA) is 43.8 Å². The van der Waals surface area contributed by atoms with Crippen molar-refractivity contribution in [3.63, 3.8) is 0 Å². The first kappa shape index (κ1) is 6.91. The van der Waals surface area contributed by atoms with Gasteiger partial charge < -0.3 is 5.73 Å². The van der Waals surface area contributed by atoms with E-state index in [0.29, 0.717) is 0 Å². The molecular weight excluding hydrogens is 150 g/mol. The molecule has 2 N–H and O–H groups in total. The van der Waals surface area contributed by atoms with Gasteiger partial charge in [0, 0.05) is 23.8 Å². The zero-order valence-electron chi connectivity index (χ0n) is 6.44. The van der Waals surface area contributed by atoms with E-state index in [4.69, 9.17) is 5.73 Å². The van der Waals surface area contributed by atoms with Gasteiger partial charge in [-0.3, -0.25) is 4.57 Å². The van der Waals surface area contributed by atoms with E-state index in [-0.39, 0.29) is 0 Å². The third-order valence-electron chi connectivity index (χ3n) is 1.63. The highest BCUT2D eigenvalue weighted by Gasteiger charge is 1.93. The number of nitrogen functional groups attached to an aromatic ring is 1. The van der Waals surface area contributed by atoms with Crippen molar-refractivity contribution in [1.82, 2.24) is 9.55 Å². The summed E-state index contributed by atoms with van der Waals surface area (Å²) in [5.74, 6) is 0. The van der Waals surface area contributed by atoms with Crippen molar-refractivity contribution < 1.29 is 0 Å². The lowest BCUT2D eigenvalue weighted by Gasteiger charge is -2.00. The summed E-state index contributed by atoms with van der Waals surface area (Å²) in [5.41, 5.74) is 7.32. The van der Waals surface area contributed by atoms with E-state index in [1.807, 2.05) is 30.5 Å². The Morgan fingerprint density at radius 3 is 2.58 bits per heavy atom. The van der Waals surface area contributed by atoms with E-state index in [2.05, 4.69) is 11.3 Å². The fourth-order valence-electron chi connectivity index (χ4n) is 1.01. The lowest BCUT2D eigenvalue weighted by molar-refractivity contribution is 1.04. The van der Waals surface area contributed by atoms with Gasteiger partial charge in [-0.1, -0.05) is 0 Å². The zero-order chi connectivity index (χ0) is 8.39. The van der Waals surface area contributed by atoms with Crippen molar-refractivity contribution in [2.45, 2.75) is 0 Å². The molecule has 0 unspecified atom stereocenters. The van der Waals surface area contributed by atoms with Crippen LogP contribution in [0.15, 0.2) is 36.7 Å². The van der Waals surface area contributed by atoms with Gasteiger partial charge in [0.15, 0.2) is 6.33 Å². The Balaban J connectivity index is 2.43. The molecule has 2 aromatic rings. The highest BCUT2D eigenvalue weighted by atomic mass is 15.0. The Bertz CT molecular complexity index is 348. The summed E-state index contributed by atoms with van der Waals surface area (Å²) >= 11 is 0. The van der Waals surface area contributed by atoms with Crippen LogP contribution >= 0.6 is 0 Å². The van der Waals surface area contributed by atoms with Crippen molar-refractivity contribution >= 4 is 5.69 Å². The maximum Gasteiger partial charge on any atom is 0.181 e. The summed E-state index contributed by atoms with van der Waals surface area (Å²) in [6, 6.07) is 7.55. The zero-order valence-corrected chi connectivity index (χ0v) is 6.44. The van der Waals surface area contributed by atoms with Gasteiger partial charge in [-0.2, -0.15) is 0 Å². The lowest BCUT2D eigenvalue weighted by atomic mass is 10.3. The number of nitrogens with zero attached hydrogens (tertiary/aromatic N) is 2. The van der Waals surface area contributed by atoms with E-state index in [0.717, 1.165) is 11.4 Å². The fraction of sp³-hybridized carbons (Fsp3) is 0. The van der Waals surface area contributed by atoms with Gasteiger partial charge in [0.2, 0.25) is 0 Å². The summed E-state index contributed by atoms with van der Waals surface area (Å²) in [6.45, 7) is 0. The van der Waals surface area contributed by atoms with Crippen molar-refractivity contribution in [2.75, 3.05) is 5.73 Å². The predicted molar refractivity (Wildman–Crippen MR) is 46.8 cm³/mol. The number of hydrogen-bond donors (Lipinski definition) is 1. The maximum absolute atomic E-state index is 5.54. The van der Waals surface area contributed by atoms with Crippen LogP contribution in [0.2, 0.25) is 0 Å². The van der Waals surface area contributed by atoms with E-state index in [1.165, 1.54) is 0 Å². The highest BCUT2D eigenvalue weighted by molar-refractivity contribution is 5.44. The molecule has 1 aromatic heterocycles. The molecule has 0 saturated heterocycles. The van der Waals surface area contributed by atoms with E-state index >= 15 is 0 Å². The number of imidazole rings is 1. The molecular formula is C9H8N3. The van der Waals surface area contributed by atoms with Crippen LogP contribution in [0.5, 0.6) is 0 Å². The molecule has 0 amide bonds. The van der Waals surface area contributed by atoms with Crippen molar-refractivity contribution in [3.8, 4) is 5.69 Å². The monoisotopic (exact) mass is 158 g/mol. The molecule has 3 nitrogen and oxygen atoms in total. The third-order valence-corrected chi connectivity index (χ3v) is 1.63. The molecule has 2 rings (SSSR count). The summed E-state index contributed by atoms with van der Waals surface area (Å²) in [5, 5.41) is 0. The molecule has 12 heavy (non-hydrogen) atoms. The Morgan fingerprint density at radius 2 is 2.00 bits per heavy atom. The Kier molecular flexibility index (Phi) is 1.55. The summed E-state index contributed by atoms with van der Waals surface area (Å²) in [6.07, 6.45) is 6.33. The van der Waals surface area contributed by atoms with Crippen LogP contribution in [0, 0.1) is 6.33 Å².